The predicted octanol–water partition coefficient (Wildman–Crippen LogP) is 4.10. The number of likely N-dealkylation sites (N-methyl/N-ethyl adjacent to an activating group) is 1. The van der Waals surface area contributed by atoms with Gasteiger partial charge in [0.15, 0.2) is 0 Å². The van der Waals surface area contributed by atoms with Crippen molar-refractivity contribution in [3.8, 4) is 0 Å². The summed E-state index contributed by atoms with van der Waals surface area (Å²) in [4.78, 5) is 2.44. The standard InChI is InChI=1S/C18H32N2O/c1-4-6-16-7-5-11-18(14-19,12-10-16)20(3)13-17-9-8-15(2)21-17/h8-9,16H,4-7,10-14,19H2,1-3H3. The van der Waals surface area contributed by atoms with Gasteiger partial charge in [0, 0.05) is 12.1 Å². The molecule has 1 aromatic rings. The average molecular weight is 292 g/mol. The van der Waals surface area contributed by atoms with Gasteiger partial charge in [-0.05, 0) is 51.3 Å². The second-order valence-corrected chi connectivity index (χ2v) is 6.88. The highest BCUT2D eigenvalue weighted by Crippen LogP contribution is 2.36. The van der Waals surface area contributed by atoms with Crippen molar-refractivity contribution in [2.45, 2.75) is 70.9 Å². The van der Waals surface area contributed by atoms with Gasteiger partial charge in [-0.15, -0.1) is 0 Å². The number of rotatable bonds is 6. The van der Waals surface area contributed by atoms with E-state index in [-0.39, 0.29) is 5.54 Å². The minimum absolute atomic E-state index is 0.156. The van der Waals surface area contributed by atoms with Crippen LogP contribution in [-0.4, -0.2) is 24.0 Å². The summed E-state index contributed by atoms with van der Waals surface area (Å²) < 4.78 is 5.74. The number of nitrogens with zero attached hydrogens (tertiary/aromatic N) is 1. The van der Waals surface area contributed by atoms with Gasteiger partial charge in [0.05, 0.1) is 6.54 Å². The summed E-state index contributed by atoms with van der Waals surface area (Å²) in [5, 5.41) is 0. The summed E-state index contributed by atoms with van der Waals surface area (Å²) >= 11 is 0. The van der Waals surface area contributed by atoms with Crippen molar-refractivity contribution in [2.24, 2.45) is 11.7 Å². The summed E-state index contributed by atoms with van der Waals surface area (Å²) in [6.07, 6.45) is 9.15. The average Bonchev–Trinajstić information content (AvgIpc) is 2.75. The summed E-state index contributed by atoms with van der Waals surface area (Å²) in [6, 6.07) is 4.13. The molecule has 0 spiro atoms. The minimum atomic E-state index is 0.156. The molecule has 0 aliphatic heterocycles. The van der Waals surface area contributed by atoms with Gasteiger partial charge < -0.3 is 10.2 Å². The first-order valence-electron chi connectivity index (χ1n) is 8.56. The van der Waals surface area contributed by atoms with E-state index in [1.165, 1.54) is 44.9 Å². The molecule has 2 atom stereocenters. The Bertz CT molecular complexity index is 429. The molecule has 2 N–H and O–H groups in total. The first-order chi connectivity index (χ1) is 10.1. The third-order valence-corrected chi connectivity index (χ3v) is 5.35. The monoisotopic (exact) mass is 292 g/mol. The zero-order valence-corrected chi connectivity index (χ0v) is 14.0. The predicted molar refractivity (Wildman–Crippen MR) is 88.2 cm³/mol. The quantitative estimate of drug-likeness (QED) is 0.803. The van der Waals surface area contributed by atoms with Gasteiger partial charge in [-0.2, -0.15) is 0 Å². The van der Waals surface area contributed by atoms with Gasteiger partial charge in [-0.25, -0.2) is 0 Å². The Hall–Kier alpha value is -0.800. The van der Waals surface area contributed by atoms with Gasteiger partial charge in [0.25, 0.3) is 0 Å². The topological polar surface area (TPSA) is 42.4 Å². The van der Waals surface area contributed by atoms with E-state index in [1.807, 2.05) is 13.0 Å². The van der Waals surface area contributed by atoms with Crippen molar-refractivity contribution >= 4 is 0 Å². The van der Waals surface area contributed by atoms with E-state index in [2.05, 4.69) is 24.9 Å². The van der Waals surface area contributed by atoms with Crippen molar-refractivity contribution in [1.29, 1.82) is 0 Å². The smallest absolute Gasteiger partial charge is 0.118 e. The zero-order chi connectivity index (χ0) is 15.3. The van der Waals surface area contributed by atoms with Crippen LogP contribution in [0.4, 0.5) is 0 Å². The molecular formula is C18H32N2O. The molecule has 1 aliphatic carbocycles. The molecule has 0 amide bonds. The number of nitrogens with two attached hydrogens (primary N) is 1. The second-order valence-electron chi connectivity index (χ2n) is 6.88. The Morgan fingerprint density at radius 2 is 2.14 bits per heavy atom. The summed E-state index contributed by atoms with van der Waals surface area (Å²) in [5.41, 5.74) is 6.37. The number of hydrogen-bond acceptors (Lipinski definition) is 3. The van der Waals surface area contributed by atoms with Crippen molar-refractivity contribution in [3.63, 3.8) is 0 Å². The highest BCUT2D eigenvalue weighted by atomic mass is 16.3. The molecular weight excluding hydrogens is 260 g/mol. The normalized spacial score (nSPS) is 27.0. The Morgan fingerprint density at radius 1 is 1.33 bits per heavy atom. The van der Waals surface area contributed by atoms with Crippen LogP contribution in [0.5, 0.6) is 0 Å². The van der Waals surface area contributed by atoms with Crippen molar-refractivity contribution < 1.29 is 4.42 Å². The molecule has 3 nitrogen and oxygen atoms in total. The fourth-order valence-corrected chi connectivity index (χ4v) is 3.87. The molecule has 0 bridgehead atoms. The Balaban J connectivity index is 2.02. The van der Waals surface area contributed by atoms with E-state index < -0.39 is 0 Å². The molecule has 120 valence electrons. The highest BCUT2D eigenvalue weighted by Gasteiger charge is 2.35. The molecule has 1 aromatic heterocycles. The second kappa shape index (κ2) is 7.46. The summed E-state index contributed by atoms with van der Waals surface area (Å²) in [5.74, 6) is 2.95. The number of hydrogen-bond donors (Lipinski definition) is 1. The Morgan fingerprint density at radius 3 is 2.76 bits per heavy atom. The number of aryl methyl sites for hydroxylation is 1. The van der Waals surface area contributed by atoms with E-state index in [0.29, 0.717) is 0 Å². The van der Waals surface area contributed by atoms with Crippen LogP contribution in [-0.2, 0) is 6.54 Å². The zero-order valence-electron chi connectivity index (χ0n) is 14.0. The van der Waals surface area contributed by atoms with E-state index in [1.54, 1.807) is 0 Å². The van der Waals surface area contributed by atoms with Gasteiger partial charge >= 0.3 is 0 Å². The Labute approximate surface area is 129 Å². The van der Waals surface area contributed by atoms with Crippen LogP contribution in [0.1, 0.15) is 63.4 Å². The maximum Gasteiger partial charge on any atom is 0.118 e. The lowest BCUT2D eigenvalue weighted by atomic mass is 9.87. The van der Waals surface area contributed by atoms with E-state index in [4.69, 9.17) is 10.2 Å². The largest absolute Gasteiger partial charge is 0.465 e. The fourth-order valence-electron chi connectivity index (χ4n) is 3.87. The third-order valence-electron chi connectivity index (χ3n) is 5.35. The van der Waals surface area contributed by atoms with Crippen LogP contribution in [0.2, 0.25) is 0 Å². The molecule has 1 heterocycles. The van der Waals surface area contributed by atoms with Gasteiger partial charge in [-0.3, -0.25) is 4.90 Å². The van der Waals surface area contributed by atoms with E-state index >= 15 is 0 Å². The molecule has 2 rings (SSSR count). The van der Waals surface area contributed by atoms with Crippen LogP contribution in [0.25, 0.3) is 0 Å². The first kappa shape index (κ1) is 16.6. The SMILES string of the molecule is CCCC1CCCC(CN)(N(C)Cc2ccc(C)o2)CC1. The van der Waals surface area contributed by atoms with Crippen molar-refractivity contribution in [3.05, 3.63) is 23.7 Å². The molecule has 0 radical (unpaired) electrons. The minimum Gasteiger partial charge on any atom is -0.465 e. The number of furan rings is 1. The Kier molecular flexibility index (Phi) is 5.88. The molecule has 1 aliphatic rings. The molecule has 3 heteroatoms. The molecule has 2 unspecified atom stereocenters. The lowest BCUT2D eigenvalue weighted by molar-refractivity contribution is 0.0906. The van der Waals surface area contributed by atoms with Crippen LogP contribution < -0.4 is 5.73 Å². The van der Waals surface area contributed by atoms with Gasteiger partial charge in [0.1, 0.15) is 11.5 Å². The third kappa shape index (κ3) is 4.10. The van der Waals surface area contributed by atoms with E-state index in [0.717, 1.165) is 30.5 Å². The maximum atomic E-state index is 6.21. The van der Waals surface area contributed by atoms with Gasteiger partial charge in [0.2, 0.25) is 0 Å². The molecule has 0 saturated heterocycles. The molecule has 1 fully saturated rings. The highest BCUT2D eigenvalue weighted by molar-refractivity contribution is 5.06. The summed E-state index contributed by atoms with van der Waals surface area (Å²) in [6.45, 7) is 5.92. The van der Waals surface area contributed by atoms with Crippen LogP contribution in [0.3, 0.4) is 0 Å². The maximum absolute atomic E-state index is 6.21. The van der Waals surface area contributed by atoms with Crippen LogP contribution in [0.15, 0.2) is 16.5 Å². The lowest BCUT2D eigenvalue weighted by Gasteiger charge is -2.40. The van der Waals surface area contributed by atoms with Crippen molar-refractivity contribution in [1.82, 2.24) is 4.90 Å². The molecule has 21 heavy (non-hydrogen) atoms. The fraction of sp³-hybridized carbons (Fsp3) is 0.778. The van der Waals surface area contributed by atoms with E-state index in [9.17, 15) is 0 Å². The lowest BCUT2D eigenvalue weighted by Crippen LogP contribution is -2.51. The van der Waals surface area contributed by atoms with Crippen LogP contribution in [0, 0.1) is 12.8 Å². The molecule has 0 aromatic carbocycles. The van der Waals surface area contributed by atoms with Crippen molar-refractivity contribution in [2.75, 3.05) is 13.6 Å². The van der Waals surface area contributed by atoms with Crippen LogP contribution >= 0.6 is 0 Å². The summed E-state index contributed by atoms with van der Waals surface area (Å²) in [7, 11) is 2.21. The first-order valence-corrected chi connectivity index (χ1v) is 8.56. The molecule has 1 saturated carbocycles. The van der Waals surface area contributed by atoms with Gasteiger partial charge in [-0.1, -0.05) is 32.6 Å².